The van der Waals surface area contributed by atoms with Crippen LogP contribution in [0.1, 0.15) is 42.4 Å². The monoisotopic (exact) mass is 501 g/mol. The van der Waals surface area contributed by atoms with Crippen LogP contribution in [0.25, 0.3) is 0 Å². The van der Waals surface area contributed by atoms with Gasteiger partial charge in [0.1, 0.15) is 12.1 Å². The third-order valence-corrected chi connectivity index (χ3v) is 6.32. The fourth-order valence-corrected chi connectivity index (χ4v) is 4.17. The van der Waals surface area contributed by atoms with Gasteiger partial charge in [-0.3, -0.25) is 19.2 Å². The Hall–Kier alpha value is -3.69. The average molecular weight is 502 g/mol. The average Bonchev–Trinajstić information content (AvgIpc) is 3.59. The molecule has 1 aliphatic carbocycles. The number of carbonyl (C=O) groups excluding carboxylic acids is 4. The van der Waals surface area contributed by atoms with E-state index >= 15 is 0 Å². The molecule has 2 aromatic rings. The highest BCUT2D eigenvalue weighted by Gasteiger charge is 2.39. The largest absolute Gasteiger partial charge is 0.416 e. The maximum atomic E-state index is 13.2. The Bertz CT molecular complexity index is 1130. The molecule has 2 aromatic carbocycles. The smallest absolute Gasteiger partial charge is 0.347 e. The Morgan fingerprint density at radius 3 is 2.22 bits per heavy atom. The van der Waals surface area contributed by atoms with Crippen molar-refractivity contribution in [2.75, 3.05) is 0 Å². The van der Waals surface area contributed by atoms with Gasteiger partial charge in [-0.2, -0.15) is 13.2 Å². The number of rotatable bonds is 9. The van der Waals surface area contributed by atoms with E-state index in [0.717, 1.165) is 30.5 Å². The SMILES string of the molecule is O=C(NC1CC1)C(=O)C(Cc1ccccc1)NC(=O)C1CCC(=O)N1Cc1ccc(C(F)(F)F)cc1. The van der Waals surface area contributed by atoms with Crippen molar-refractivity contribution in [3.63, 3.8) is 0 Å². The molecule has 10 heteroatoms. The zero-order valence-electron chi connectivity index (χ0n) is 19.4. The standard InChI is InChI=1S/C26H26F3N3O4/c27-26(28,29)18-8-6-17(7-9-18)15-32-21(12-13-22(32)33)24(35)31-20(14-16-4-2-1-3-5-16)23(34)25(36)30-19-10-11-19/h1-9,19-21H,10-15H2,(H,30,36)(H,31,35). The number of likely N-dealkylation sites (tertiary alicyclic amines) is 1. The van der Waals surface area contributed by atoms with Gasteiger partial charge in [0.25, 0.3) is 5.91 Å². The molecule has 2 aliphatic rings. The number of nitrogens with one attached hydrogen (secondary N) is 2. The van der Waals surface area contributed by atoms with E-state index in [1.807, 2.05) is 6.07 Å². The molecule has 3 amide bonds. The summed E-state index contributed by atoms with van der Waals surface area (Å²) in [5, 5.41) is 5.30. The molecule has 2 fully saturated rings. The molecular weight excluding hydrogens is 475 g/mol. The first-order chi connectivity index (χ1) is 17.1. The minimum absolute atomic E-state index is 0.0267. The van der Waals surface area contributed by atoms with E-state index < -0.39 is 41.4 Å². The number of halogens is 3. The second kappa shape index (κ2) is 10.5. The maximum Gasteiger partial charge on any atom is 0.416 e. The van der Waals surface area contributed by atoms with Gasteiger partial charge in [-0.05, 0) is 42.5 Å². The summed E-state index contributed by atoms with van der Waals surface area (Å²) in [6.45, 7) is -0.0471. The number of Topliss-reactive ketones (excluding diaryl/α,β-unsaturated/α-hetero) is 1. The predicted molar refractivity (Wildman–Crippen MR) is 123 cm³/mol. The third-order valence-electron chi connectivity index (χ3n) is 6.32. The van der Waals surface area contributed by atoms with Crippen LogP contribution in [0.5, 0.6) is 0 Å². The summed E-state index contributed by atoms with van der Waals surface area (Å²) in [6, 6.07) is 11.3. The number of ketones is 1. The Morgan fingerprint density at radius 1 is 0.944 bits per heavy atom. The lowest BCUT2D eigenvalue weighted by Gasteiger charge is -2.26. The summed E-state index contributed by atoms with van der Waals surface area (Å²) in [6.07, 6.45) is -2.47. The Labute approximate surface area is 206 Å². The zero-order valence-corrected chi connectivity index (χ0v) is 19.4. The van der Waals surface area contributed by atoms with Crippen LogP contribution in [-0.4, -0.2) is 46.5 Å². The van der Waals surface area contributed by atoms with Gasteiger partial charge in [-0.25, -0.2) is 0 Å². The minimum atomic E-state index is -4.48. The number of benzene rings is 2. The summed E-state index contributed by atoms with van der Waals surface area (Å²) < 4.78 is 38.6. The zero-order chi connectivity index (χ0) is 25.9. The molecule has 0 spiro atoms. The normalized spacial score (nSPS) is 18.6. The van der Waals surface area contributed by atoms with E-state index in [1.165, 1.54) is 17.0 Å². The topological polar surface area (TPSA) is 95.6 Å². The lowest BCUT2D eigenvalue weighted by atomic mass is 10.0. The van der Waals surface area contributed by atoms with Crippen LogP contribution in [0.3, 0.4) is 0 Å². The summed E-state index contributed by atoms with van der Waals surface area (Å²) in [5.41, 5.74) is 0.385. The van der Waals surface area contributed by atoms with Gasteiger partial charge >= 0.3 is 6.18 Å². The molecule has 1 saturated heterocycles. The van der Waals surface area contributed by atoms with Crippen molar-refractivity contribution < 1.29 is 32.3 Å². The molecular formula is C26H26F3N3O4. The predicted octanol–water partition coefficient (Wildman–Crippen LogP) is 2.77. The number of hydrogen-bond acceptors (Lipinski definition) is 4. The fourth-order valence-electron chi connectivity index (χ4n) is 4.17. The molecule has 1 aliphatic heterocycles. The number of hydrogen-bond donors (Lipinski definition) is 2. The molecule has 0 bridgehead atoms. The van der Waals surface area contributed by atoms with Crippen molar-refractivity contribution in [2.24, 2.45) is 0 Å². The Morgan fingerprint density at radius 2 is 1.61 bits per heavy atom. The van der Waals surface area contributed by atoms with Crippen molar-refractivity contribution in [2.45, 2.75) is 63.0 Å². The van der Waals surface area contributed by atoms with Crippen molar-refractivity contribution in [1.82, 2.24) is 15.5 Å². The molecule has 2 atom stereocenters. The van der Waals surface area contributed by atoms with Gasteiger partial charge in [-0.15, -0.1) is 0 Å². The highest BCUT2D eigenvalue weighted by atomic mass is 19.4. The van der Waals surface area contributed by atoms with E-state index in [9.17, 15) is 32.3 Å². The maximum absolute atomic E-state index is 13.2. The highest BCUT2D eigenvalue weighted by Crippen LogP contribution is 2.30. The highest BCUT2D eigenvalue weighted by molar-refractivity contribution is 6.38. The van der Waals surface area contributed by atoms with E-state index in [1.54, 1.807) is 24.3 Å². The quantitative estimate of drug-likeness (QED) is 0.517. The van der Waals surface area contributed by atoms with Gasteiger partial charge in [0.05, 0.1) is 5.56 Å². The molecule has 0 aromatic heterocycles. The van der Waals surface area contributed by atoms with Gasteiger partial charge in [-0.1, -0.05) is 42.5 Å². The van der Waals surface area contributed by atoms with Gasteiger partial charge in [0, 0.05) is 25.4 Å². The van der Waals surface area contributed by atoms with Crippen LogP contribution >= 0.6 is 0 Å². The molecule has 2 N–H and O–H groups in total. The molecule has 2 unspecified atom stereocenters. The van der Waals surface area contributed by atoms with Crippen molar-refractivity contribution >= 4 is 23.5 Å². The van der Waals surface area contributed by atoms with Crippen LogP contribution < -0.4 is 10.6 Å². The Kier molecular flexibility index (Phi) is 7.42. The summed E-state index contributed by atoms with van der Waals surface area (Å²) in [5.74, 6) is -2.42. The molecule has 7 nitrogen and oxygen atoms in total. The van der Waals surface area contributed by atoms with Crippen molar-refractivity contribution in [1.29, 1.82) is 0 Å². The molecule has 1 heterocycles. The van der Waals surface area contributed by atoms with Crippen LogP contribution in [0.2, 0.25) is 0 Å². The summed E-state index contributed by atoms with van der Waals surface area (Å²) in [4.78, 5) is 52.3. The minimum Gasteiger partial charge on any atom is -0.347 e. The lowest BCUT2D eigenvalue weighted by Crippen LogP contribution is -2.53. The van der Waals surface area contributed by atoms with Crippen LogP contribution in [0.4, 0.5) is 13.2 Å². The number of amides is 3. The molecule has 1 saturated carbocycles. The Balaban J connectivity index is 1.47. The van der Waals surface area contributed by atoms with Gasteiger partial charge in [0.15, 0.2) is 0 Å². The van der Waals surface area contributed by atoms with Crippen molar-refractivity contribution in [3.05, 3.63) is 71.3 Å². The molecule has 4 rings (SSSR count). The first-order valence-corrected chi connectivity index (χ1v) is 11.8. The fraction of sp³-hybridized carbons (Fsp3) is 0.385. The second-order valence-electron chi connectivity index (χ2n) is 9.13. The summed E-state index contributed by atoms with van der Waals surface area (Å²) >= 11 is 0. The molecule has 36 heavy (non-hydrogen) atoms. The molecule has 0 radical (unpaired) electrons. The van der Waals surface area contributed by atoms with E-state index in [2.05, 4.69) is 10.6 Å². The van der Waals surface area contributed by atoms with Gasteiger partial charge < -0.3 is 15.5 Å². The van der Waals surface area contributed by atoms with Crippen molar-refractivity contribution in [3.8, 4) is 0 Å². The van der Waals surface area contributed by atoms with Crippen LogP contribution in [0.15, 0.2) is 54.6 Å². The molecule has 190 valence electrons. The summed E-state index contributed by atoms with van der Waals surface area (Å²) in [7, 11) is 0. The number of carbonyl (C=O) groups is 4. The van der Waals surface area contributed by atoms with E-state index in [0.29, 0.717) is 5.56 Å². The number of alkyl halides is 3. The second-order valence-corrected chi connectivity index (χ2v) is 9.13. The van der Waals surface area contributed by atoms with E-state index in [4.69, 9.17) is 0 Å². The van der Waals surface area contributed by atoms with Crippen LogP contribution in [0, 0.1) is 0 Å². The third kappa shape index (κ3) is 6.30. The van der Waals surface area contributed by atoms with E-state index in [-0.39, 0.29) is 37.8 Å². The lowest BCUT2D eigenvalue weighted by molar-refractivity contribution is -0.141. The number of nitrogens with zero attached hydrogens (tertiary/aromatic N) is 1. The van der Waals surface area contributed by atoms with Crippen LogP contribution in [-0.2, 0) is 38.3 Å². The van der Waals surface area contributed by atoms with Gasteiger partial charge in [0.2, 0.25) is 17.6 Å². The first kappa shape index (κ1) is 25.4. The first-order valence-electron chi connectivity index (χ1n) is 11.8.